The van der Waals surface area contributed by atoms with Crippen molar-refractivity contribution in [1.29, 1.82) is 0 Å². The second kappa shape index (κ2) is 4.89. The van der Waals surface area contributed by atoms with Gasteiger partial charge in [-0.05, 0) is 31.2 Å². The Hall–Kier alpha value is -1.42. The molecule has 0 aliphatic rings. The summed E-state index contributed by atoms with van der Waals surface area (Å²) >= 11 is 0. The molecule has 0 heterocycles. The van der Waals surface area contributed by atoms with Gasteiger partial charge in [0.15, 0.2) is 17.3 Å². The van der Waals surface area contributed by atoms with Gasteiger partial charge in [-0.1, -0.05) is 0 Å². The van der Waals surface area contributed by atoms with Crippen molar-refractivity contribution in [3.63, 3.8) is 0 Å². The number of benzene rings is 1. The topological polar surface area (TPSA) is 52.3 Å². The van der Waals surface area contributed by atoms with Crippen molar-refractivity contribution in [1.82, 2.24) is 0 Å². The first-order chi connectivity index (χ1) is 7.10. The fourth-order valence-corrected chi connectivity index (χ4v) is 1.43. The maximum atomic E-state index is 13.4. The molecule has 2 N–H and O–H groups in total. The summed E-state index contributed by atoms with van der Waals surface area (Å²) in [6, 6.07) is 2.80. The maximum absolute atomic E-state index is 13.4. The van der Waals surface area contributed by atoms with E-state index in [0.717, 1.165) is 0 Å². The van der Waals surface area contributed by atoms with E-state index in [4.69, 9.17) is 10.5 Å². The fraction of sp³-hybridized carbons (Fsp3) is 0.364. The molecule has 1 aromatic rings. The van der Waals surface area contributed by atoms with Gasteiger partial charge in [0.05, 0.1) is 7.11 Å². The second-order valence-electron chi connectivity index (χ2n) is 3.27. The van der Waals surface area contributed by atoms with Crippen LogP contribution in [0, 0.1) is 12.7 Å². The van der Waals surface area contributed by atoms with Crippen LogP contribution >= 0.6 is 0 Å². The fourth-order valence-electron chi connectivity index (χ4n) is 1.43. The summed E-state index contributed by atoms with van der Waals surface area (Å²) < 4.78 is 18.3. The Bertz CT molecular complexity index is 354. The number of Topliss-reactive ketones (excluding diaryl/α,β-unsaturated/α-hetero) is 1. The van der Waals surface area contributed by atoms with Crippen LogP contribution in [0.25, 0.3) is 0 Å². The van der Waals surface area contributed by atoms with E-state index in [-0.39, 0.29) is 24.5 Å². The minimum atomic E-state index is -0.516. The molecule has 0 fully saturated rings. The molecule has 0 radical (unpaired) electrons. The van der Waals surface area contributed by atoms with Crippen molar-refractivity contribution in [3.05, 3.63) is 29.1 Å². The third-order valence-electron chi connectivity index (χ3n) is 2.13. The largest absolute Gasteiger partial charge is 0.493 e. The molecule has 0 bridgehead atoms. The summed E-state index contributed by atoms with van der Waals surface area (Å²) in [6.07, 6.45) is 0.227. The van der Waals surface area contributed by atoms with E-state index in [0.29, 0.717) is 11.1 Å². The lowest BCUT2D eigenvalue weighted by Crippen LogP contribution is -2.09. The van der Waals surface area contributed by atoms with Gasteiger partial charge >= 0.3 is 0 Å². The normalized spacial score (nSPS) is 10.1. The van der Waals surface area contributed by atoms with Gasteiger partial charge in [-0.2, -0.15) is 0 Å². The molecule has 0 amide bonds. The first-order valence-electron chi connectivity index (χ1n) is 4.67. The van der Waals surface area contributed by atoms with E-state index in [1.807, 2.05) is 0 Å². The van der Waals surface area contributed by atoms with Gasteiger partial charge < -0.3 is 10.5 Å². The van der Waals surface area contributed by atoms with Gasteiger partial charge in [-0.15, -0.1) is 0 Å². The van der Waals surface area contributed by atoms with E-state index < -0.39 is 5.82 Å². The van der Waals surface area contributed by atoms with Crippen molar-refractivity contribution in [3.8, 4) is 5.75 Å². The quantitative estimate of drug-likeness (QED) is 0.771. The van der Waals surface area contributed by atoms with Crippen LogP contribution in [0.1, 0.15) is 22.3 Å². The lowest BCUT2D eigenvalue weighted by Gasteiger charge is -2.08. The monoisotopic (exact) mass is 211 g/mol. The van der Waals surface area contributed by atoms with E-state index >= 15 is 0 Å². The molecule has 0 aromatic heterocycles. The van der Waals surface area contributed by atoms with Crippen LogP contribution < -0.4 is 10.5 Å². The second-order valence-corrected chi connectivity index (χ2v) is 3.27. The molecular weight excluding hydrogens is 197 g/mol. The van der Waals surface area contributed by atoms with Crippen LogP contribution in [0.4, 0.5) is 4.39 Å². The van der Waals surface area contributed by atoms with Gasteiger partial charge in [0, 0.05) is 12.0 Å². The SMILES string of the molecule is COc1c(C)cc(C(=O)CCN)cc1F. The Morgan fingerprint density at radius 2 is 2.20 bits per heavy atom. The number of ketones is 1. The van der Waals surface area contributed by atoms with Crippen LogP contribution in [-0.4, -0.2) is 19.4 Å². The Morgan fingerprint density at radius 3 is 2.67 bits per heavy atom. The number of aryl methyl sites for hydroxylation is 1. The number of methoxy groups -OCH3 is 1. The summed E-state index contributed by atoms with van der Waals surface area (Å²) in [4.78, 5) is 11.5. The molecule has 1 rings (SSSR count). The highest BCUT2D eigenvalue weighted by Crippen LogP contribution is 2.23. The summed E-state index contributed by atoms with van der Waals surface area (Å²) in [5.74, 6) is -0.487. The van der Waals surface area contributed by atoms with Crippen LogP contribution in [0.2, 0.25) is 0 Å². The van der Waals surface area contributed by atoms with E-state index in [1.165, 1.54) is 13.2 Å². The number of carbonyl (C=O) groups excluding carboxylic acids is 1. The van der Waals surface area contributed by atoms with Gasteiger partial charge in [0.2, 0.25) is 0 Å². The number of hydrogen-bond donors (Lipinski definition) is 1. The van der Waals surface area contributed by atoms with E-state index in [9.17, 15) is 9.18 Å². The molecule has 0 aliphatic carbocycles. The molecule has 82 valence electrons. The van der Waals surface area contributed by atoms with Crippen molar-refractivity contribution in [2.45, 2.75) is 13.3 Å². The molecule has 0 saturated carbocycles. The minimum Gasteiger partial charge on any atom is -0.493 e. The summed E-state index contributed by atoms with van der Waals surface area (Å²) in [5, 5.41) is 0. The Labute approximate surface area is 88.0 Å². The smallest absolute Gasteiger partial charge is 0.166 e. The Kier molecular flexibility index (Phi) is 3.80. The van der Waals surface area contributed by atoms with Crippen LogP contribution in [0.3, 0.4) is 0 Å². The average Bonchev–Trinajstić information content (AvgIpc) is 2.17. The van der Waals surface area contributed by atoms with Crippen molar-refractivity contribution < 1.29 is 13.9 Å². The molecular formula is C11H14FNO2. The van der Waals surface area contributed by atoms with Gasteiger partial charge in [-0.25, -0.2) is 4.39 Å². The van der Waals surface area contributed by atoms with Crippen LogP contribution in [0.5, 0.6) is 5.75 Å². The molecule has 3 nitrogen and oxygen atoms in total. The highest BCUT2D eigenvalue weighted by Gasteiger charge is 2.12. The number of rotatable bonds is 4. The number of halogens is 1. The molecule has 0 aliphatic heterocycles. The molecule has 0 atom stereocenters. The molecule has 0 spiro atoms. The molecule has 15 heavy (non-hydrogen) atoms. The van der Waals surface area contributed by atoms with Crippen molar-refractivity contribution >= 4 is 5.78 Å². The zero-order valence-electron chi connectivity index (χ0n) is 8.84. The summed E-state index contributed by atoms with van der Waals surface area (Å²) in [6.45, 7) is 1.96. The number of nitrogens with two attached hydrogens (primary N) is 1. The zero-order valence-corrected chi connectivity index (χ0v) is 8.84. The third-order valence-corrected chi connectivity index (χ3v) is 2.13. The van der Waals surface area contributed by atoms with Crippen molar-refractivity contribution in [2.24, 2.45) is 5.73 Å². The minimum absolute atomic E-state index is 0.151. The first-order valence-corrected chi connectivity index (χ1v) is 4.67. The Balaban J connectivity index is 3.08. The highest BCUT2D eigenvalue weighted by molar-refractivity contribution is 5.96. The lowest BCUT2D eigenvalue weighted by atomic mass is 10.0. The van der Waals surface area contributed by atoms with E-state index in [1.54, 1.807) is 13.0 Å². The average molecular weight is 211 g/mol. The van der Waals surface area contributed by atoms with E-state index in [2.05, 4.69) is 0 Å². The third kappa shape index (κ3) is 2.53. The number of carbonyl (C=O) groups is 1. The zero-order chi connectivity index (χ0) is 11.4. The maximum Gasteiger partial charge on any atom is 0.166 e. The number of ether oxygens (including phenoxy) is 1. The Morgan fingerprint density at radius 1 is 1.53 bits per heavy atom. The molecule has 0 unspecified atom stereocenters. The van der Waals surface area contributed by atoms with Gasteiger partial charge in [0.1, 0.15) is 0 Å². The van der Waals surface area contributed by atoms with Gasteiger partial charge in [0.25, 0.3) is 0 Å². The molecule has 0 saturated heterocycles. The predicted molar refractivity (Wildman–Crippen MR) is 55.7 cm³/mol. The van der Waals surface area contributed by atoms with Crippen molar-refractivity contribution in [2.75, 3.05) is 13.7 Å². The van der Waals surface area contributed by atoms with Gasteiger partial charge in [-0.3, -0.25) is 4.79 Å². The summed E-state index contributed by atoms with van der Waals surface area (Å²) in [7, 11) is 1.40. The van der Waals surface area contributed by atoms with Crippen LogP contribution in [-0.2, 0) is 0 Å². The van der Waals surface area contributed by atoms with Crippen LogP contribution in [0.15, 0.2) is 12.1 Å². The first kappa shape index (κ1) is 11.7. The molecule has 1 aromatic carbocycles. The lowest BCUT2D eigenvalue weighted by molar-refractivity contribution is 0.0985. The standard InChI is InChI=1S/C11H14FNO2/c1-7-5-8(10(14)3-4-13)6-9(12)11(7)15-2/h5-6H,3-4,13H2,1-2H3. The predicted octanol–water partition coefficient (Wildman–Crippen LogP) is 1.67. The number of hydrogen-bond acceptors (Lipinski definition) is 3. The summed E-state index contributed by atoms with van der Waals surface area (Å²) in [5.41, 5.74) is 6.21. The highest BCUT2D eigenvalue weighted by atomic mass is 19.1. The molecule has 4 heteroatoms.